The average Bonchev–Trinajstić information content (AvgIpc) is 3.43. The molecule has 0 fully saturated rings. The van der Waals surface area contributed by atoms with Gasteiger partial charge in [-0.2, -0.15) is 0 Å². The van der Waals surface area contributed by atoms with Crippen LogP contribution in [0.4, 0.5) is 13.9 Å². The zero-order chi connectivity index (χ0) is 19.5. The number of nitrogens with zero attached hydrogens (tertiary/aromatic N) is 3. The van der Waals surface area contributed by atoms with Gasteiger partial charge in [-0.3, -0.25) is 4.79 Å². The number of anilines is 1. The van der Waals surface area contributed by atoms with E-state index < -0.39 is 11.6 Å². The molecule has 0 atom stereocenters. The van der Waals surface area contributed by atoms with Crippen LogP contribution in [-0.4, -0.2) is 26.8 Å². The highest BCUT2D eigenvalue weighted by Crippen LogP contribution is 2.29. The Morgan fingerprint density at radius 1 is 1.21 bits per heavy atom. The summed E-state index contributed by atoms with van der Waals surface area (Å²) in [5.74, 6) is -1.04. The fraction of sp³-hybridized carbons (Fsp3) is 0.0588. The van der Waals surface area contributed by atoms with E-state index in [2.05, 4.69) is 20.5 Å². The Labute approximate surface area is 169 Å². The maximum absolute atomic E-state index is 13.8. The first-order valence-electron chi connectivity index (χ1n) is 7.79. The summed E-state index contributed by atoms with van der Waals surface area (Å²) in [5, 5.41) is 14.5. The van der Waals surface area contributed by atoms with E-state index in [9.17, 15) is 13.6 Å². The first kappa shape index (κ1) is 18.7. The Morgan fingerprint density at radius 2 is 2.11 bits per heavy atom. The molecule has 1 amide bonds. The zero-order valence-electron chi connectivity index (χ0n) is 13.9. The first-order chi connectivity index (χ1) is 13.6. The molecular formula is C17H10F2N4O2S3. The summed E-state index contributed by atoms with van der Waals surface area (Å²) in [6.45, 7) is 0. The van der Waals surface area contributed by atoms with Crippen LogP contribution in [0.25, 0.3) is 22.0 Å². The normalized spacial score (nSPS) is 10.9. The molecule has 0 aliphatic heterocycles. The van der Waals surface area contributed by atoms with Crippen molar-refractivity contribution in [3.8, 4) is 22.0 Å². The van der Waals surface area contributed by atoms with E-state index >= 15 is 0 Å². The number of hydrogen-bond donors (Lipinski definition) is 1. The Hall–Kier alpha value is -2.63. The number of halogens is 2. The van der Waals surface area contributed by atoms with Gasteiger partial charge in [0.2, 0.25) is 5.91 Å². The minimum atomic E-state index is -0.585. The number of aromatic nitrogens is 3. The lowest BCUT2D eigenvalue weighted by Gasteiger charge is -2.00. The summed E-state index contributed by atoms with van der Waals surface area (Å²) in [7, 11) is 0. The van der Waals surface area contributed by atoms with Crippen molar-refractivity contribution in [1.29, 1.82) is 0 Å². The molecule has 3 aromatic heterocycles. The van der Waals surface area contributed by atoms with Gasteiger partial charge in [-0.25, -0.2) is 13.8 Å². The maximum Gasteiger partial charge on any atom is 0.277 e. The second-order valence-electron chi connectivity index (χ2n) is 5.35. The molecule has 3 heterocycles. The van der Waals surface area contributed by atoms with E-state index in [-0.39, 0.29) is 33.3 Å². The third kappa shape index (κ3) is 4.26. The van der Waals surface area contributed by atoms with Crippen molar-refractivity contribution in [1.82, 2.24) is 15.2 Å². The van der Waals surface area contributed by atoms with Crippen LogP contribution < -0.4 is 5.32 Å². The summed E-state index contributed by atoms with van der Waals surface area (Å²) in [4.78, 5) is 17.1. The van der Waals surface area contributed by atoms with Crippen molar-refractivity contribution in [2.24, 2.45) is 0 Å². The van der Waals surface area contributed by atoms with Crippen LogP contribution in [0.2, 0.25) is 0 Å². The molecule has 1 aromatic carbocycles. The number of rotatable bonds is 6. The topological polar surface area (TPSA) is 80.9 Å². The fourth-order valence-corrected chi connectivity index (χ4v) is 4.13. The Bertz CT molecular complexity index is 1110. The molecule has 4 aromatic rings. The van der Waals surface area contributed by atoms with Gasteiger partial charge in [-0.15, -0.1) is 32.9 Å². The Balaban J connectivity index is 1.36. The van der Waals surface area contributed by atoms with Gasteiger partial charge in [0.05, 0.1) is 16.3 Å². The van der Waals surface area contributed by atoms with Crippen LogP contribution in [0.1, 0.15) is 0 Å². The molecule has 0 aliphatic carbocycles. The Kier molecular flexibility index (Phi) is 5.46. The number of hydrogen-bond acceptors (Lipinski definition) is 8. The second kappa shape index (κ2) is 8.17. The number of carbonyl (C=O) groups is 1. The Morgan fingerprint density at radius 3 is 2.93 bits per heavy atom. The van der Waals surface area contributed by atoms with Crippen LogP contribution in [0.5, 0.6) is 0 Å². The third-order valence-electron chi connectivity index (χ3n) is 3.42. The lowest BCUT2D eigenvalue weighted by atomic mass is 10.1. The van der Waals surface area contributed by atoms with Crippen molar-refractivity contribution in [3.63, 3.8) is 0 Å². The van der Waals surface area contributed by atoms with Crippen molar-refractivity contribution in [2.45, 2.75) is 5.22 Å². The summed E-state index contributed by atoms with van der Waals surface area (Å²) < 4.78 is 32.6. The van der Waals surface area contributed by atoms with Crippen molar-refractivity contribution >= 4 is 45.5 Å². The number of thioether (sulfide) groups is 1. The molecule has 0 bridgehead atoms. The van der Waals surface area contributed by atoms with E-state index in [0.717, 1.165) is 46.2 Å². The van der Waals surface area contributed by atoms with Crippen LogP contribution >= 0.6 is 34.4 Å². The standard InChI is InChI=1S/C17H10F2N4O2S3/c18-9-3-4-11(19)10(6-9)12-7-27-16(20-12)21-14(24)8-28-17-23-22-15(25-17)13-2-1-5-26-13/h1-7H,8H2,(H,20,21,24). The van der Waals surface area contributed by atoms with Gasteiger partial charge in [0.15, 0.2) is 5.13 Å². The zero-order valence-corrected chi connectivity index (χ0v) is 16.3. The molecule has 0 aliphatic rings. The highest BCUT2D eigenvalue weighted by Gasteiger charge is 2.14. The minimum Gasteiger partial charge on any atom is -0.410 e. The van der Waals surface area contributed by atoms with Crippen LogP contribution in [-0.2, 0) is 4.79 Å². The number of carbonyl (C=O) groups excluding carboxylic acids is 1. The second-order valence-corrected chi connectivity index (χ2v) is 8.08. The molecule has 142 valence electrons. The number of thiazole rings is 1. The van der Waals surface area contributed by atoms with Crippen LogP contribution in [0, 0.1) is 11.6 Å². The molecule has 6 nitrogen and oxygen atoms in total. The van der Waals surface area contributed by atoms with Crippen molar-refractivity contribution in [3.05, 3.63) is 52.7 Å². The molecule has 11 heteroatoms. The van der Waals surface area contributed by atoms with E-state index in [1.807, 2.05) is 17.5 Å². The lowest BCUT2D eigenvalue weighted by molar-refractivity contribution is -0.113. The number of nitrogens with one attached hydrogen (secondary N) is 1. The van der Waals surface area contributed by atoms with E-state index in [1.165, 1.54) is 11.3 Å². The van der Waals surface area contributed by atoms with Gasteiger partial charge in [0, 0.05) is 10.9 Å². The smallest absolute Gasteiger partial charge is 0.277 e. The molecule has 28 heavy (non-hydrogen) atoms. The van der Waals surface area contributed by atoms with Crippen LogP contribution in [0.15, 0.2) is 50.7 Å². The molecule has 0 unspecified atom stereocenters. The van der Waals surface area contributed by atoms with Gasteiger partial charge >= 0.3 is 0 Å². The fourth-order valence-electron chi connectivity index (χ4n) is 2.20. The summed E-state index contributed by atoms with van der Waals surface area (Å²) in [6.07, 6.45) is 0. The number of benzene rings is 1. The highest BCUT2D eigenvalue weighted by atomic mass is 32.2. The van der Waals surface area contributed by atoms with Crippen molar-refractivity contribution < 1.29 is 18.0 Å². The lowest BCUT2D eigenvalue weighted by Crippen LogP contribution is -2.13. The molecule has 1 N–H and O–H groups in total. The first-order valence-corrected chi connectivity index (χ1v) is 10.5. The summed E-state index contributed by atoms with van der Waals surface area (Å²) in [6, 6.07) is 6.87. The predicted molar refractivity (Wildman–Crippen MR) is 104 cm³/mol. The summed E-state index contributed by atoms with van der Waals surface area (Å²) in [5.41, 5.74) is 0.292. The SMILES string of the molecule is O=C(CSc1nnc(-c2cccs2)o1)Nc1nc(-c2cc(F)ccc2F)cs1. The summed E-state index contributed by atoms with van der Waals surface area (Å²) >= 11 is 3.69. The number of thiophene rings is 1. The number of amides is 1. The van der Waals surface area contributed by atoms with Gasteiger partial charge in [0.25, 0.3) is 11.1 Å². The molecule has 0 saturated heterocycles. The van der Waals surface area contributed by atoms with Gasteiger partial charge in [0.1, 0.15) is 11.6 Å². The van der Waals surface area contributed by atoms with Gasteiger partial charge in [-0.05, 0) is 29.6 Å². The third-order valence-corrected chi connectivity index (χ3v) is 5.85. The van der Waals surface area contributed by atoms with Crippen LogP contribution in [0.3, 0.4) is 0 Å². The molecule has 0 saturated carbocycles. The molecular weight excluding hydrogens is 426 g/mol. The largest absolute Gasteiger partial charge is 0.410 e. The molecule has 0 spiro atoms. The predicted octanol–water partition coefficient (Wildman–Crippen LogP) is 4.93. The van der Waals surface area contributed by atoms with E-state index in [0.29, 0.717) is 5.89 Å². The van der Waals surface area contributed by atoms with Gasteiger partial charge in [-0.1, -0.05) is 17.8 Å². The van der Waals surface area contributed by atoms with E-state index in [4.69, 9.17) is 4.42 Å². The average molecular weight is 436 g/mol. The molecule has 4 rings (SSSR count). The quantitative estimate of drug-likeness (QED) is 0.432. The van der Waals surface area contributed by atoms with E-state index in [1.54, 1.807) is 5.38 Å². The van der Waals surface area contributed by atoms with Gasteiger partial charge < -0.3 is 9.73 Å². The van der Waals surface area contributed by atoms with Crippen molar-refractivity contribution in [2.75, 3.05) is 11.1 Å². The minimum absolute atomic E-state index is 0.0370. The maximum atomic E-state index is 13.8. The molecule has 0 radical (unpaired) electrons. The highest BCUT2D eigenvalue weighted by molar-refractivity contribution is 7.99. The monoisotopic (exact) mass is 436 g/mol.